The van der Waals surface area contributed by atoms with Crippen LogP contribution in [-0.2, 0) is 0 Å². The summed E-state index contributed by atoms with van der Waals surface area (Å²) in [5.41, 5.74) is 1.54. The fourth-order valence-corrected chi connectivity index (χ4v) is 0.616. The van der Waals surface area contributed by atoms with E-state index in [2.05, 4.69) is 0 Å². The van der Waals surface area contributed by atoms with Gasteiger partial charge in [-0.3, -0.25) is 0 Å². The van der Waals surface area contributed by atoms with E-state index in [1.807, 2.05) is 12.3 Å². The van der Waals surface area contributed by atoms with Crippen LogP contribution in [0.4, 0.5) is 0 Å². The monoisotopic (exact) mass is 122 g/mol. The molecule has 0 nitrogen and oxygen atoms in total. The highest BCUT2D eigenvalue weighted by atomic mass is 35.5. The van der Waals surface area contributed by atoms with Crippen molar-refractivity contribution in [1.29, 1.82) is 0 Å². The van der Waals surface area contributed by atoms with Gasteiger partial charge in [0, 0.05) is 11.3 Å². The maximum absolute atomic E-state index is 5.19. The van der Waals surface area contributed by atoms with E-state index in [1.165, 1.54) is 5.54 Å². The van der Waals surface area contributed by atoms with Crippen molar-refractivity contribution in [3.63, 3.8) is 0 Å². The van der Waals surface area contributed by atoms with E-state index in [9.17, 15) is 0 Å². The number of halogens is 1. The second-order valence-electron chi connectivity index (χ2n) is 0.817. The topological polar surface area (TPSA) is 0 Å². The highest BCUT2D eigenvalue weighted by Crippen LogP contribution is 1.91. The fraction of sp³-hybridized carbons (Fsp3) is 0.500. The Kier molecular flexibility index (Phi) is 5.72. The van der Waals surface area contributed by atoms with Crippen molar-refractivity contribution in [2.24, 2.45) is 0 Å². The summed E-state index contributed by atoms with van der Waals surface area (Å²) in [6.07, 6.45) is 3.95. The molecule has 0 saturated heterocycles. The van der Waals surface area contributed by atoms with Crippen molar-refractivity contribution in [2.75, 3.05) is 12.0 Å². The average Bonchev–Trinajstić information content (AvgIpc) is 1.61. The molecule has 0 aliphatic rings. The molecule has 0 spiro atoms. The lowest BCUT2D eigenvalue weighted by Crippen LogP contribution is -1.59. The first-order valence-corrected chi connectivity index (χ1v) is 3.49. The SMILES string of the molecule is CSC/C=C/Cl. The third kappa shape index (κ3) is 4.38. The predicted octanol–water partition coefficient (Wildman–Crippen LogP) is 2.10. The second kappa shape index (κ2) is 5.38. The smallest absolute Gasteiger partial charge is 0.0122 e. The molecule has 0 aliphatic carbocycles. The van der Waals surface area contributed by atoms with Gasteiger partial charge in [-0.05, 0) is 6.26 Å². The number of hydrogen-bond acceptors (Lipinski definition) is 1. The number of hydrogen-bond donors (Lipinski definition) is 0. The van der Waals surface area contributed by atoms with Crippen molar-refractivity contribution in [2.45, 2.75) is 0 Å². The minimum atomic E-state index is 1.02. The van der Waals surface area contributed by atoms with Crippen LogP contribution < -0.4 is 0 Å². The van der Waals surface area contributed by atoms with E-state index in [4.69, 9.17) is 11.6 Å². The summed E-state index contributed by atoms with van der Waals surface area (Å²) >= 11 is 6.94. The van der Waals surface area contributed by atoms with Crippen LogP contribution in [0.3, 0.4) is 0 Å². The fourth-order valence-electron chi connectivity index (χ4n) is 0.133. The summed E-state index contributed by atoms with van der Waals surface area (Å²) < 4.78 is 0. The number of rotatable bonds is 2. The molecule has 0 N–H and O–H groups in total. The molecule has 2 heteroatoms. The molecule has 0 bridgehead atoms. The van der Waals surface area contributed by atoms with E-state index in [0.717, 1.165) is 5.75 Å². The Balaban J connectivity index is 2.66. The lowest BCUT2D eigenvalue weighted by Gasteiger charge is -1.76. The Hall–Kier alpha value is 0.380. The van der Waals surface area contributed by atoms with Crippen molar-refractivity contribution in [1.82, 2.24) is 0 Å². The molecule has 0 aliphatic heterocycles. The lowest BCUT2D eigenvalue weighted by molar-refractivity contribution is 1.81. The van der Waals surface area contributed by atoms with Crippen molar-refractivity contribution in [3.05, 3.63) is 11.6 Å². The van der Waals surface area contributed by atoms with Gasteiger partial charge in [-0.25, -0.2) is 0 Å². The Morgan fingerprint density at radius 1 is 1.83 bits per heavy atom. The third-order valence-electron chi connectivity index (χ3n) is 0.352. The largest absolute Gasteiger partial charge is 0.161 e. The van der Waals surface area contributed by atoms with Gasteiger partial charge in [0.2, 0.25) is 0 Å². The van der Waals surface area contributed by atoms with Gasteiger partial charge in [-0.1, -0.05) is 17.7 Å². The first-order chi connectivity index (χ1) is 2.91. The van der Waals surface area contributed by atoms with Crippen molar-refractivity contribution in [3.8, 4) is 0 Å². The van der Waals surface area contributed by atoms with Crippen molar-refractivity contribution >= 4 is 23.4 Å². The third-order valence-corrected chi connectivity index (χ3v) is 1.06. The summed E-state index contributed by atoms with van der Waals surface area (Å²) in [6, 6.07) is 0. The first kappa shape index (κ1) is 6.38. The molecule has 0 heterocycles. The van der Waals surface area contributed by atoms with Gasteiger partial charge < -0.3 is 0 Å². The molecule has 0 fully saturated rings. The van der Waals surface area contributed by atoms with Crippen LogP contribution in [0.1, 0.15) is 0 Å². The normalized spacial score (nSPS) is 10.3. The molecular weight excluding hydrogens is 116 g/mol. The average molecular weight is 123 g/mol. The van der Waals surface area contributed by atoms with Crippen molar-refractivity contribution < 1.29 is 0 Å². The Labute approximate surface area is 47.6 Å². The quantitative estimate of drug-likeness (QED) is 0.541. The zero-order valence-electron chi connectivity index (χ0n) is 3.65. The van der Waals surface area contributed by atoms with Gasteiger partial charge in [0.05, 0.1) is 0 Å². The summed E-state index contributed by atoms with van der Waals surface area (Å²) in [6.45, 7) is 0. The standard InChI is InChI=1S/C4H7ClS/c1-6-4-2-3-5/h2-3H,4H2,1H3/b3-2+. The summed E-state index contributed by atoms with van der Waals surface area (Å²) in [5.74, 6) is 1.02. The zero-order chi connectivity index (χ0) is 4.83. The summed E-state index contributed by atoms with van der Waals surface area (Å²) in [5, 5.41) is 0. The summed E-state index contributed by atoms with van der Waals surface area (Å²) in [4.78, 5) is 0. The van der Waals surface area contributed by atoms with Gasteiger partial charge in [-0.15, -0.1) is 0 Å². The molecule has 0 rings (SSSR count). The van der Waals surface area contributed by atoms with Gasteiger partial charge in [0.25, 0.3) is 0 Å². The molecule has 0 aromatic heterocycles. The Morgan fingerprint density at radius 2 is 2.50 bits per heavy atom. The van der Waals surface area contributed by atoms with E-state index < -0.39 is 0 Å². The van der Waals surface area contributed by atoms with E-state index in [-0.39, 0.29) is 0 Å². The van der Waals surface area contributed by atoms with Gasteiger partial charge in [-0.2, -0.15) is 11.8 Å². The molecule has 0 aromatic carbocycles. The van der Waals surface area contributed by atoms with Crippen LogP contribution in [0.2, 0.25) is 0 Å². The van der Waals surface area contributed by atoms with Gasteiger partial charge >= 0.3 is 0 Å². The molecule has 0 atom stereocenters. The van der Waals surface area contributed by atoms with E-state index in [0.29, 0.717) is 0 Å². The van der Waals surface area contributed by atoms with E-state index >= 15 is 0 Å². The van der Waals surface area contributed by atoms with E-state index in [1.54, 1.807) is 11.8 Å². The molecule has 0 saturated carbocycles. The molecular formula is C4H7ClS. The number of thioether (sulfide) groups is 1. The molecule has 36 valence electrons. The van der Waals surface area contributed by atoms with Gasteiger partial charge in [0.1, 0.15) is 0 Å². The van der Waals surface area contributed by atoms with Gasteiger partial charge in [0.15, 0.2) is 0 Å². The molecule has 0 aromatic rings. The highest BCUT2D eigenvalue weighted by Gasteiger charge is 1.65. The minimum Gasteiger partial charge on any atom is -0.161 e. The van der Waals surface area contributed by atoms with Crippen LogP contribution in [0.25, 0.3) is 0 Å². The Bertz CT molecular complexity index is 42.8. The van der Waals surface area contributed by atoms with Crippen LogP contribution in [-0.4, -0.2) is 12.0 Å². The molecule has 6 heavy (non-hydrogen) atoms. The second-order valence-corrected chi connectivity index (χ2v) is 1.98. The maximum atomic E-state index is 5.19. The maximum Gasteiger partial charge on any atom is 0.0122 e. The zero-order valence-corrected chi connectivity index (χ0v) is 5.22. The predicted molar refractivity (Wildman–Crippen MR) is 33.4 cm³/mol. The molecule has 0 unspecified atom stereocenters. The summed E-state index contributed by atoms with van der Waals surface area (Å²) in [7, 11) is 0. The Morgan fingerprint density at radius 3 is 2.67 bits per heavy atom. The highest BCUT2D eigenvalue weighted by molar-refractivity contribution is 7.98. The van der Waals surface area contributed by atoms with Crippen LogP contribution >= 0.6 is 23.4 Å². The van der Waals surface area contributed by atoms with Crippen LogP contribution in [0.5, 0.6) is 0 Å². The minimum absolute atomic E-state index is 1.02. The molecule has 0 amide bonds. The molecule has 0 radical (unpaired) electrons. The van der Waals surface area contributed by atoms with Crippen LogP contribution in [0.15, 0.2) is 11.6 Å². The van der Waals surface area contributed by atoms with Crippen LogP contribution in [0, 0.1) is 0 Å². The lowest BCUT2D eigenvalue weighted by atomic mass is 10.8. The first-order valence-electron chi connectivity index (χ1n) is 1.66.